The number of carbonyl (C=O) groups is 2. The van der Waals surface area contributed by atoms with Gasteiger partial charge in [-0.2, -0.15) is 10.2 Å². The minimum Gasteiger partial charge on any atom is -0.446 e. The monoisotopic (exact) mass is 438 g/mol. The summed E-state index contributed by atoms with van der Waals surface area (Å²) in [4.78, 5) is 30.8. The number of hydrogen-bond donors (Lipinski definition) is 4. The summed E-state index contributed by atoms with van der Waals surface area (Å²) in [6.45, 7) is 0. The first-order valence-electron chi connectivity index (χ1n) is 10.1. The van der Waals surface area contributed by atoms with E-state index in [9.17, 15) is 9.59 Å². The second-order valence-electron chi connectivity index (χ2n) is 7.14. The first kappa shape index (κ1) is 20.0. The molecule has 0 saturated heterocycles. The van der Waals surface area contributed by atoms with Crippen molar-refractivity contribution in [2.24, 2.45) is 10.2 Å². The third-order valence-electron chi connectivity index (χ3n) is 5.04. The van der Waals surface area contributed by atoms with Crippen LogP contribution >= 0.6 is 0 Å². The van der Waals surface area contributed by atoms with Crippen LogP contribution in [0.25, 0.3) is 21.8 Å². The number of nitrogens with zero attached hydrogens (tertiary/aromatic N) is 2. The Morgan fingerprint density at radius 3 is 1.64 bits per heavy atom. The molecule has 0 atom stereocenters. The van der Waals surface area contributed by atoms with Crippen LogP contribution in [0.3, 0.4) is 0 Å². The lowest BCUT2D eigenvalue weighted by Gasteiger charge is -1.97. The van der Waals surface area contributed by atoms with Gasteiger partial charge in [0.25, 0.3) is 0 Å². The maximum Gasteiger partial charge on any atom is 0.307 e. The maximum absolute atomic E-state index is 12.3. The van der Waals surface area contributed by atoms with Crippen molar-refractivity contribution in [3.63, 3.8) is 0 Å². The van der Waals surface area contributed by atoms with Crippen LogP contribution < -0.4 is 10.9 Å². The molecular weight excluding hydrogens is 420 g/mol. The van der Waals surface area contributed by atoms with Crippen molar-refractivity contribution in [2.75, 3.05) is 0 Å². The van der Waals surface area contributed by atoms with E-state index in [0.29, 0.717) is 0 Å². The van der Waals surface area contributed by atoms with E-state index in [0.717, 1.165) is 32.9 Å². The molecule has 0 spiro atoms. The van der Waals surface area contributed by atoms with Crippen molar-refractivity contribution >= 4 is 46.0 Å². The molecule has 2 amide bonds. The van der Waals surface area contributed by atoms with Crippen molar-refractivity contribution in [1.29, 1.82) is 0 Å². The highest BCUT2D eigenvalue weighted by atomic mass is 16.4. The molecule has 9 heteroatoms. The lowest BCUT2D eigenvalue weighted by atomic mass is 10.2. The van der Waals surface area contributed by atoms with E-state index < -0.39 is 11.8 Å². The lowest BCUT2D eigenvalue weighted by molar-refractivity contribution is 0.0902. The molecule has 2 aromatic carbocycles. The molecule has 0 radical (unpaired) electrons. The zero-order valence-electron chi connectivity index (χ0n) is 17.2. The molecule has 4 N–H and O–H groups in total. The van der Waals surface area contributed by atoms with Gasteiger partial charge in [-0.05, 0) is 24.3 Å². The number of amides is 2. The minimum absolute atomic E-state index is 0.0446. The van der Waals surface area contributed by atoms with E-state index in [2.05, 4.69) is 31.0 Å². The number of aromatic nitrogens is 2. The van der Waals surface area contributed by atoms with Crippen LogP contribution in [0, 0.1) is 0 Å². The largest absolute Gasteiger partial charge is 0.446 e. The number of carbonyl (C=O) groups excluding carboxylic acids is 2. The van der Waals surface area contributed by atoms with E-state index in [1.165, 1.54) is 24.6 Å². The van der Waals surface area contributed by atoms with Crippen molar-refractivity contribution in [2.45, 2.75) is 0 Å². The highest BCUT2D eigenvalue weighted by Crippen LogP contribution is 2.16. The summed E-state index contributed by atoms with van der Waals surface area (Å²) < 4.78 is 5.34. The van der Waals surface area contributed by atoms with E-state index in [1.54, 1.807) is 12.4 Å². The highest BCUT2D eigenvalue weighted by molar-refractivity contribution is 6.01. The SMILES string of the molecule is O=C(NN=Cc1c[nH]c2ccccc12)c1ccc(C(=O)NN=Cc2c[nH]c3ccccc23)o1. The Kier molecular flexibility index (Phi) is 5.26. The van der Waals surface area contributed by atoms with Crippen molar-refractivity contribution < 1.29 is 14.0 Å². The van der Waals surface area contributed by atoms with Crippen LogP contribution in [-0.2, 0) is 0 Å². The molecule has 5 aromatic rings. The van der Waals surface area contributed by atoms with E-state index in [1.807, 2.05) is 48.5 Å². The number of para-hydroxylation sites is 2. The zero-order chi connectivity index (χ0) is 22.6. The molecule has 9 nitrogen and oxygen atoms in total. The fraction of sp³-hybridized carbons (Fsp3) is 0. The molecular formula is C24H18N6O3. The summed E-state index contributed by atoms with van der Waals surface area (Å²) in [6.07, 6.45) is 6.67. The normalized spacial score (nSPS) is 11.6. The number of hydrogen-bond acceptors (Lipinski definition) is 5. The fourth-order valence-electron chi connectivity index (χ4n) is 3.41. The predicted molar refractivity (Wildman–Crippen MR) is 125 cm³/mol. The molecule has 0 fully saturated rings. The highest BCUT2D eigenvalue weighted by Gasteiger charge is 2.15. The minimum atomic E-state index is -0.576. The van der Waals surface area contributed by atoms with E-state index in [-0.39, 0.29) is 11.5 Å². The van der Waals surface area contributed by atoms with Gasteiger partial charge in [-0.3, -0.25) is 9.59 Å². The summed E-state index contributed by atoms with van der Waals surface area (Å²) in [6, 6.07) is 18.3. The van der Waals surface area contributed by atoms with Gasteiger partial charge in [0.15, 0.2) is 11.5 Å². The molecule has 0 aliphatic heterocycles. The predicted octanol–water partition coefficient (Wildman–Crippen LogP) is 3.77. The fourth-order valence-corrected chi connectivity index (χ4v) is 3.41. The van der Waals surface area contributed by atoms with Crippen LogP contribution in [0.4, 0.5) is 0 Å². The third kappa shape index (κ3) is 4.15. The number of rotatable bonds is 6. The van der Waals surface area contributed by atoms with Gasteiger partial charge in [-0.15, -0.1) is 0 Å². The summed E-state index contributed by atoms with van der Waals surface area (Å²) in [5.74, 6) is -1.24. The molecule has 162 valence electrons. The summed E-state index contributed by atoms with van der Waals surface area (Å²) in [5.41, 5.74) is 8.39. The molecule has 33 heavy (non-hydrogen) atoms. The Labute approximate surface area is 187 Å². The standard InChI is InChI=1S/C24H18N6O3/c31-23(29-27-13-15-11-25-19-7-3-1-5-17(15)19)21-9-10-22(33-21)24(32)30-28-14-16-12-26-20-8-4-2-6-18(16)20/h1-14,25-26H,(H,29,31)(H,30,32). The number of benzene rings is 2. The van der Waals surface area contributed by atoms with Crippen LogP contribution in [0.15, 0.2) is 87.7 Å². The number of fused-ring (bicyclic) bond motifs is 2. The van der Waals surface area contributed by atoms with Crippen LogP contribution in [0.1, 0.15) is 32.2 Å². The molecule has 3 heterocycles. The molecule has 0 aliphatic carbocycles. The van der Waals surface area contributed by atoms with Crippen LogP contribution in [-0.4, -0.2) is 34.2 Å². The second-order valence-corrected chi connectivity index (χ2v) is 7.14. The first-order chi connectivity index (χ1) is 16.2. The second kappa shape index (κ2) is 8.67. The first-order valence-corrected chi connectivity index (χ1v) is 10.1. The Morgan fingerprint density at radius 1 is 0.697 bits per heavy atom. The summed E-state index contributed by atoms with van der Waals surface area (Å²) in [7, 11) is 0. The van der Waals surface area contributed by atoms with Gasteiger partial charge >= 0.3 is 11.8 Å². The molecule has 5 rings (SSSR count). The van der Waals surface area contributed by atoms with E-state index >= 15 is 0 Å². The maximum atomic E-state index is 12.3. The Hall–Kier alpha value is -4.92. The van der Waals surface area contributed by atoms with Crippen molar-refractivity contribution in [3.8, 4) is 0 Å². The molecule has 0 saturated carbocycles. The van der Waals surface area contributed by atoms with Gasteiger partial charge in [0.2, 0.25) is 0 Å². The van der Waals surface area contributed by atoms with Gasteiger partial charge in [0, 0.05) is 45.3 Å². The van der Waals surface area contributed by atoms with Crippen molar-refractivity contribution in [3.05, 3.63) is 95.7 Å². The van der Waals surface area contributed by atoms with Gasteiger partial charge in [0.05, 0.1) is 12.4 Å². The quantitative estimate of drug-likeness (QED) is 0.238. The molecule has 0 aliphatic rings. The number of furan rings is 1. The topological polar surface area (TPSA) is 128 Å². The van der Waals surface area contributed by atoms with Crippen LogP contribution in [0.5, 0.6) is 0 Å². The Balaban J connectivity index is 1.19. The zero-order valence-corrected chi connectivity index (χ0v) is 17.2. The smallest absolute Gasteiger partial charge is 0.307 e. The third-order valence-corrected chi connectivity index (χ3v) is 5.04. The van der Waals surface area contributed by atoms with Gasteiger partial charge in [0.1, 0.15) is 0 Å². The molecule has 3 aromatic heterocycles. The van der Waals surface area contributed by atoms with Gasteiger partial charge in [-0.1, -0.05) is 36.4 Å². The lowest BCUT2D eigenvalue weighted by Crippen LogP contribution is -2.18. The number of H-pyrrole nitrogens is 2. The van der Waals surface area contributed by atoms with Gasteiger partial charge < -0.3 is 14.4 Å². The van der Waals surface area contributed by atoms with Crippen molar-refractivity contribution in [1.82, 2.24) is 20.8 Å². The van der Waals surface area contributed by atoms with Crippen LogP contribution in [0.2, 0.25) is 0 Å². The van der Waals surface area contributed by atoms with Gasteiger partial charge in [-0.25, -0.2) is 10.9 Å². The number of hydrazone groups is 2. The molecule has 0 bridgehead atoms. The van der Waals surface area contributed by atoms with E-state index in [4.69, 9.17) is 4.42 Å². The summed E-state index contributed by atoms with van der Waals surface area (Å²) in [5, 5.41) is 9.90. The number of aromatic amines is 2. The number of nitrogens with one attached hydrogen (secondary N) is 4. The average Bonchev–Trinajstić information content (AvgIpc) is 3.58. The summed E-state index contributed by atoms with van der Waals surface area (Å²) >= 11 is 0. The molecule has 0 unspecified atom stereocenters. The average molecular weight is 438 g/mol. The Bertz CT molecular complexity index is 1410. The Morgan fingerprint density at radius 2 is 1.15 bits per heavy atom.